The zero-order chi connectivity index (χ0) is 19.5. The van der Waals surface area contributed by atoms with Crippen LogP contribution in [0.5, 0.6) is 0 Å². The minimum Gasteiger partial charge on any atom is -0.348 e. The standard InChI is InChI=1S/C21H25N5OS/c1-3-25(4-2)20(27)16-9-13-26(14-10-16)21-24-18-6-5-17(23-19(18)28-21)15-7-11-22-12-8-15/h5-8,11-12,16H,3-4,9-10,13-14H2,1-2H3. The lowest BCUT2D eigenvalue weighted by Gasteiger charge is -2.33. The summed E-state index contributed by atoms with van der Waals surface area (Å²) in [6, 6.07) is 7.98. The van der Waals surface area contributed by atoms with Gasteiger partial charge in [0, 0.05) is 50.1 Å². The molecule has 1 amide bonds. The number of pyridine rings is 2. The first-order valence-electron chi connectivity index (χ1n) is 9.91. The number of carbonyl (C=O) groups is 1. The smallest absolute Gasteiger partial charge is 0.225 e. The zero-order valence-electron chi connectivity index (χ0n) is 16.3. The van der Waals surface area contributed by atoms with Gasteiger partial charge >= 0.3 is 0 Å². The number of hydrogen-bond acceptors (Lipinski definition) is 6. The lowest BCUT2D eigenvalue weighted by atomic mass is 9.95. The van der Waals surface area contributed by atoms with Crippen LogP contribution in [-0.2, 0) is 4.79 Å². The Labute approximate surface area is 169 Å². The highest BCUT2D eigenvalue weighted by atomic mass is 32.1. The molecular weight excluding hydrogens is 370 g/mol. The van der Waals surface area contributed by atoms with Crippen LogP contribution in [0.25, 0.3) is 21.6 Å². The van der Waals surface area contributed by atoms with Crippen LogP contribution >= 0.6 is 11.3 Å². The van der Waals surface area contributed by atoms with Gasteiger partial charge in [-0.05, 0) is 51.0 Å². The summed E-state index contributed by atoms with van der Waals surface area (Å²) in [5, 5.41) is 1.00. The molecule has 28 heavy (non-hydrogen) atoms. The molecule has 6 nitrogen and oxygen atoms in total. The molecule has 1 aliphatic rings. The van der Waals surface area contributed by atoms with Crippen LogP contribution in [0.15, 0.2) is 36.7 Å². The fraction of sp³-hybridized carbons (Fsp3) is 0.429. The van der Waals surface area contributed by atoms with Gasteiger partial charge in [-0.2, -0.15) is 0 Å². The highest BCUT2D eigenvalue weighted by molar-refractivity contribution is 7.21. The number of hydrogen-bond donors (Lipinski definition) is 0. The molecule has 3 aromatic heterocycles. The molecule has 7 heteroatoms. The molecule has 0 atom stereocenters. The maximum absolute atomic E-state index is 12.6. The van der Waals surface area contributed by atoms with Crippen molar-refractivity contribution in [3.05, 3.63) is 36.7 Å². The van der Waals surface area contributed by atoms with E-state index in [4.69, 9.17) is 9.97 Å². The van der Waals surface area contributed by atoms with Gasteiger partial charge in [-0.1, -0.05) is 11.3 Å². The summed E-state index contributed by atoms with van der Waals surface area (Å²) < 4.78 is 0. The molecule has 4 heterocycles. The second-order valence-corrected chi connectivity index (χ2v) is 7.98. The van der Waals surface area contributed by atoms with Crippen LogP contribution in [0, 0.1) is 5.92 Å². The number of fused-ring (bicyclic) bond motifs is 1. The third kappa shape index (κ3) is 3.71. The average molecular weight is 396 g/mol. The van der Waals surface area contributed by atoms with Crippen molar-refractivity contribution in [1.82, 2.24) is 19.9 Å². The van der Waals surface area contributed by atoms with Crippen molar-refractivity contribution in [1.29, 1.82) is 0 Å². The van der Waals surface area contributed by atoms with E-state index in [1.165, 1.54) is 0 Å². The van der Waals surface area contributed by atoms with E-state index in [0.717, 1.165) is 65.8 Å². The molecule has 0 unspecified atom stereocenters. The Bertz CT molecular complexity index is 946. The Kier molecular flexibility index (Phi) is 5.52. The van der Waals surface area contributed by atoms with Gasteiger partial charge in [0.25, 0.3) is 0 Å². The molecule has 1 saturated heterocycles. The Morgan fingerprint density at radius 3 is 2.50 bits per heavy atom. The SMILES string of the molecule is CCN(CC)C(=O)C1CCN(c2nc3ccc(-c4ccncc4)nc3s2)CC1. The van der Waals surface area contributed by atoms with Crippen molar-refractivity contribution in [2.45, 2.75) is 26.7 Å². The molecule has 0 N–H and O–H groups in total. The van der Waals surface area contributed by atoms with Crippen molar-refractivity contribution < 1.29 is 4.79 Å². The van der Waals surface area contributed by atoms with E-state index in [9.17, 15) is 4.79 Å². The Morgan fingerprint density at radius 2 is 1.82 bits per heavy atom. The quantitative estimate of drug-likeness (QED) is 0.657. The monoisotopic (exact) mass is 395 g/mol. The van der Waals surface area contributed by atoms with Crippen molar-refractivity contribution >= 4 is 32.7 Å². The predicted molar refractivity (Wildman–Crippen MR) is 114 cm³/mol. The van der Waals surface area contributed by atoms with Gasteiger partial charge in [0.2, 0.25) is 5.91 Å². The minimum atomic E-state index is 0.141. The van der Waals surface area contributed by atoms with E-state index in [-0.39, 0.29) is 5.92 Å². The van der Waals surface area contributed by atoms with Crippen LogP contribution in [0.3, 0.4) is 0 Å². The number of nitrogens with zero attached hydrogens (tertiary/aromatic N) is 5. The Morgan fingerprint density at radius 1 is 1.11 bits per heavy atom. The molecule has 1 fully saturated rings. The molecule has 146 valence electrons. The van der Waals surface area contributed by atoms with Crippen molar-refractivity contribution in [3.8, 4) is 11.3 Å². The largest absolute Gasteiger partial charge is 0.348 e. The number of anilines is 1. The Hall–Kier alpha value is -2.54. The molecule has 0 saturated carbocycles. The molecule has 0 spiro atoms. The van der Waals surface area contributed by atoms with Crippen molar-refractivity contribution in [2.75, 3.05) is 31.1 Å². The number of amides is 1. The number of carbonyl (C=O) groups excluding carboxylic acids is 1. The van der Waals surface area contributed by atoms with Gasteiger partial charge in [0.15, 0.2) is 5.13 Å². The second-order valence-electron chi connectivity index (χ2n) is 7.02. The summed E-state index contributed by atoms with van der Waals surface area (Å²) in [6.07, 6.45) is 5.34. The maximum atomic E-state index is 12.6. The summed E-state index contributed by atoms with van der Waals surface area (Å²) in [7, 11) is 0. The third-order valence-electron chi connectivity index (χ3n) is 5.41. The van der Waals surface area contributed by atoms with E-state index in [1.54, 1.807) is 23.7 Å². The van der Waals surface area contributed by atoms with Crippen molar-refractivity contribution in [2.24, 2.45) is 5.92 Å². The molecule has 0 aromatic carbocycles. The van der Waals surface area contributed by atoms with E-state index >= 15 is 0 Å². The van der Waals surface area contributed by atoms with Gasteiger partial charge in [-0.3, -0.25) is 9.78 Å². The molecule has 1 aliphatic heterocycles. The van der Waals surface area contributed by atoms with Crippen LogP contribution in [0.2, 0.25) is 0 Å². The normalized spacial score (nSPS) is 15.1. The maximum Gasteiger partial charge on any atom is 0.225 e. The topological polar surface area (TPSA) is 62.2 Å². The first-order valence-corrected chi connectivity index (χ1v) is 10.7. The average Bonchev–Trinajstić information content (AvgIpc) is 3.18. The van der Waals surface area contributed by atoms with E-state index in [0.29, 0.717) is 5.91 Å². The minimum absolute atomic E-state index is 0.141. The van der Waals surface area contributed by atoms with Crippen LogP contribution in [0.4, 0.5) is 5.13 Å². The van der Waals surface area contributed by atoms with Gasteiger partial charge < -0.3 is 9.80 Å². The van der Waals surface area contributed by atoms with Crippen LogP contribution in [0.1, 0.15) is 26.7 Å². The first kappa shape index (κ1) is 18.8. The fourth-order valence-corrected chi connectivity index (χ4v) is 4.73. The number of rotatable bonds is 5. The number of aromatic nitrogens is 3. The zero-order valence-corrected chi connectivity index (χ0v) is 17.2. The number of thiazole rings is 1. The van der Waals surface area contributed by atoms with Crippen molar-refractivity contribution in [3.63, 3.8) is 0 Å². The van der Waals surface area contributed by atoms with Crippen LogP contribution in [-0.4, -0.2) is 51.9 Å². The molecule has 0 bridgehead atoms. The van der Waals surface area contributed by atoms with Gasteiger partial charge in [0.1, 0.15) is 10.3 Å². The van der Waals surface area contributed by atoms with Gasteiger partial charge in [0.05, 0.1) is 5.69 Å². The molecule has 3 aromatic rings. The summed E-state index contributed by atoms with van der Waals surface area (Å²) in [4.78, 5) is 31.4. The van der Waals surface area contributed by atoms with E-state index < -0.39 is 0 Å². The molecule has 0 aliphatic carbocycles. The number of piperidine rings is 1. The Balaban J connectivity index is 1.48. The summed E-state index contributed by atoms with van der Waals surface area (Å²) in [6.45, 7) is 7.41. The fourth-order valence-electron chi connectivity index (χ4n) is 3.74. The molecule has 0 radical (unpaired) electrons. The van der Waals surface area contributed by atoms with E-state index in [1.807, 2.05) is 43.0 Å². The second kappa shape index (κ2) is 8.22. The predicted octanol–water partition coefficient (Wildman–Crippen LogP) is 3.84. The van der Waals surface area contributed by atoms with E-state index in [2.05, 4.69) is 9.88 Å². The highest BCUT2D eigenvalue weighted by Crippen LogP contribution is 2.32. The third-order valence-corrected chi connectivity index (χ3v) is 6.44. The summed E-state index contributed by atoms with van der Waals surface area (Å²) in [5.74, 6) is 0.444. The first-order chi connectivity index (χ1) is 13.7. The lowest BCUT2D eigenvalue weighted by molar-refractivity contribution is -0.135. The molecule has 4 rings (SSSR count). The highest BCUT2D eigenvalue weighted by Gasteiger charge is 2.28. The molecular formula is C21H25N5OS. The lowest BCUT2D eigenvalue weighted by Crippen LogP contribution is -2.42. The summed E-state index contributed by atoms with van der Waals surface area (Å²) >= 11 is 1.63. The summed E-state index contributed by atoms with van der Waals surface area (Å²) in [5.41, 5.74) is 2.93. The van der Waals surface area contributed by atoms with Gasteiger partial charge in [-0.15, -0.1) is 0 Å². The van der Waals surface area contributed by atoms with Crippen LogP contribution < -0.4 is 4.90 Å². The van der Waals surface area contributed by atoms with Gasteiger partial charge in [-0.25, -0.2) is 9.97 Å².